The van der Waals surface area contributed by atoms with Gasteiger partial charge >= 0.3 is 11.9 Å². The first kappa shape index (κ1) is 21.5. The third-order valence-electron chi connectivity index (χ3n) is 3.89. The summed E-state index contributed by atoms with van der Waals surface area (Å²) >= 11 is 0. The monoisotopic (exact) mass is 400 g/mol. The van der Waals surface area contributed by atoms with Gasteiger partial charge in [-0.1, -0.05) is 12.1 Å². The van der Waals surface area contributed by atoms with Gasteiger partial charge in [0, 0.05) is 31.7 Å². The largest absolute Gasteiger partial charge is 0.462 e. The molecule has 0 N–H and O–H groups in total. The Hall–Kier alpha value is -3.75. The van der Waals surface area contributed by atoms with E-state index in [1.807, 2.05) is 0 Å². The Labute approximate surface area is 167 Å². The van der Waals surface area contributed by atoms with Crippen LogP contribution in [0.3, 0.4) is 0 Å². The van der Waals surface area contributed by atoms with Crippen molar-refractivity contribution < 1.29 is 28.8 Å². The molecule has 0 bridgehead atoms. The number of rotatable bonds is 7. The van der Waals surface area contributed by atoms with Crippen LogP contribution >= 0.6 is 0 Å². The summed E-state index contributed by atoms with van der Waals surface area (Å²) in [5, 5.41) is 10.8. The third-order valence-corrected chi connectivity index (χ3v) is 3.89. The predicted molar refractivity (Wildman–Crippen MR) is 104 cm³/mol. The lowest BCUT2D eigenvalue weighted by molar-refractivity contribution is -0.384. The highest BCUT2D eigenvalue weighted by Gasteiger charge is 2.20. The van der Waals surface area contributed by atoms with Crippen molar-refractivity contribution in [3.63, 3.8) is 0 Å². The second kappa shape index (κ2) is 9.45. The molecule has 0 saturated heterocycles. The van der Waals surface area contributed by atoms with Gasteiger partial charge in [-0.05, 0) is 30.7 Å². The lowest BCUT2D eigenvalue weighted by atomic mass is 10.1. The quantitative estimate of drug-likeness (QED) is 0.303. The molecule has 1 amide bonds. The summed E-state index contributed by atoms with van der Waals surface area (Å²) in [5.41, 5.74) is 0.996. The van der Waals surface area contributed by atoms with Gasteiger partial charge in [0.05, 0.1) is 18.1 Å². The highest BCUT2D eigenvalue weighted by molar-refractivity contribution is 5.97. The maximum atomic E-state index is 12.3. The van der Waals surface area contributed by atoms with Gasteiger partial charge in [-0.25, -0.2) is 4.79 Å². The van der Waals surface area contributed by atoms with Crippen molar-refractivity contribution in [1.82, 2.24) is 0 Å². The van der Waals surface area contributed by atoms with Crippen LogP contribution in [0.5, 0.6) is 5.75 Å². The van der Waals surface area contributed by atoms with Crippen molar-refractivity contribution >= 4 is 29.2 Å². The molecule has 0 radical (unpaired) electrons. The molecule has 0 atom stereocenters. The molecule has 29 heavy (non-hydrogen) atoms. The average molecular weight is 400 g/mol. The normalized spacial score (nSPS) is 10.2. The number of anilines is 1. The minimum Gasteiger partial charge on any atom is -0.462 e. The van der Waals surface area contributed by atoms with E-state index in [2.05, 4.69) is 0 Å². The van der Waals surface area contributed by atoms with Crippen molar-refractivity contribution in [3.05, 3.63) is 63.7 Å². The van der Waals surface area contributed by atoms with E-state index in [4.69, 9.17) is 9.47 Å². The summed E-state index contributed by atoms with van der Waals surface area (Å²) in [6.07, 6.45) is 0. The number of carbonyl (C=O) groups excluding carboxylic acids is 3. The van der Waals surface area contributed by atoms with Gasteiger partial charge in [0.2, 0.25) is 5.91 Å². The van der Waals surface area contributed by atoms with Crippen molar-refractivity contribution in [2.45, 2.75) is 27.3 Å². The fourth-order valence-electron chi connectivity index (χ4n) is 2.59. The average Bonchev–Trinajstić information content (AvgIpc) is 2.66. The molecule has 0 fully saturated rings. The summed E-state index contributed by atoms with van der Waals surface area (Å²) in [4.78, 5) is 47.5. The number of amides is 1. The van der Waals surface area contributed by atoms with Crippen molar-refractivity contribution in [2.24, 2.45) is 0 Å². The van der Waals surface area contributed by atoms with Gasteiger partial charge in [0.1, 0.15) is 11.3 Å². The van der Waals surface area contributed by atoms with Crippen LogP contribution in [-0.4, -0.2) is 29.4 Å². The van der Waals surface area contributed by atoms with E-state index >= 15 is 0 Å². The number of hydrogen-bond acceptors (Lipinski definition) is 7. The first-order valence-corrected chi connectivity index (χ1v) is 8.74. The zero-order valence-electron chi connectivity index (χ0n) is 16.2. The highest BCUT2D eigenvalue weighted by atomic mass is 16.6. The van der Waals surface area contributed by atoms with Gasteiger partial charge in [-0.2, -0.15) is 0 Å². The van der Waals surface area contributed by atoms with Gasteiger partial charge in [-0.15, -0.1) is 0 Å². The van der Waals surface area contributed by atoms with E-state index in [9.17, 15) is 24.5 Å². The molecular formula is C20H20N2O7. The maximum absolute atomic E-state index is 12.3. The molecule has 0 aromatic heterocycles. The zero-order chi connectivity index (χ0) is 21.6. The van der Waals surface area contributed by atoms with Crippen molar-refractivity contribution in [2.75, 3.05) is 11.5 Å². The number of benzene rings is 2. The Morgan fingerprint density at radius 3 is 2.24 bits per heavy atom. The number of nitro groups is 1. The molecule has 2 aromatic carbocycles. The second-order valence-corrected chi connectivity index (χ2v) is 6.02. The minimum atomic E-state index is -0.690. The van der Waals surface area contributed by atoms with Crippen LogP contribution in [0.2, 0.25) is 0 Å². The number of non-ortho nitro benzene ring substituents is 1. The van der Waals surface area contributed by atoms with Gasteiger partial charge in [0.25, 0.3) is 5.69 Å². The highest BCUT2D eigenvalue weighted by Crippen LogP contribution is 2.28. The molecule has 2 rings (SSSR count). The van der Waals surface area contributed by atoms with Gasteiger partial charge in [0.15, 0.2) is 0 Å². The van der Waals surface area contributed by atoms with Crippen LogP contribution < -0.4 is 9.64 Å². The summed E-state index contributed by atoms with van der Waals surface area (Å²) in [5.74, 6) is -1.57. The summed E-state index contributed by atoms with van der Waals surface area (Å²) in [7, 11) is 0. The molecule has 0 aliphatic heterocycles. The summed E-state index contributed by atoms with van der Waals surface area (Å²) < 4.78 is 10.1. The van der Waals surface area contributed by atoms with Gasteiger partial charge < -0.3 is 14.4 Å². The lowest BCUT2D eigenvalue weighted by Gasteiger charge is -2.22. The Bertz CT molecular complexity index is 938. The molecule has 9 nitrogen and oxygen atoms in total. The van der Waals surface area contributed by atoms with Crippen LogP contribution in [-0.2, 0) is 20.9 Å². The van der Waals surface area contributed by atoms with E-state index in [1.54, 1.807) is 19.1 Å². The predicted octanol–water partition coefficient (Wildman–Crippen LogP) is 3.25. The first-order valence-electron chi connectivity index (χ1n) is 8.74. The molecule has 9 heteroatoms. The van der Waals surface area contributed by atoms with E-state index in [0.29, 0.717) is 11.3 Å². The topological polar surface area (TPSA) is 116 Å². The maximum Gasteiger partial charge on any atom is 0.342 e. The number of hydrogen-bond donors (Lipinski definition) is 0. The SMILES string of the molecule is CCOC(=O)c1cc(N(Cc2ccc([N+](=O)[O-])cc2)C(C)=O)ccc1OC(C)=O. The second-order valence-electron chi connectivity index (χ2n) is 6.02. The Morgan fingerprint density at radius 2 is 1.72 bits per heavy atom. The Balaban J connectivity index is 2.39. The smallest absolute Gasteiger partial charge is 0.342 e. The van der Waals surface area contributed by atoms with Gasteiger partial charge in [-0.3, -0.25) is 19.7 Å². The molecule has 0 saturated carbocycles. The Kier molecular flexibility index (Phi) is 7.02. The van der Waals surface area contributed by atoms with E-state index < -0.39 is 16.9 Å². The molecule has 2 aromatic rings. The number of carbonyl (C=O) groups is 3. The number of nitro benzene ring substituents is 1. The lowest BCUT2D eigenvalue weighted by Crippen LogP contribution is -2.28. The molecule has 0 heterocycles. The molecular weight excluding hydrogens is 380 g/mol. The van der Waals surface area contributed by atoms with Crippen LogP contribution in [0.15, 0.2) is 42.5 Å². The number of nitrogens with zero attached hydrogens (tertiary/aromatic N) is 2. The van der Waals surface area contributed by atoms with E-state index in [-0.39, 0.29) is 36.1 Å². The number of ether oxygens (including phenoxy) is 2. The van der Waals surface area contributed by atoms with E-state index in [1.165, 1.54) is 49.1 Å². The fraction of sp³-hybridized carbons (Fsp3) is 0.250. The van der Waals surface area contributed by atoms with Crippen LogP contribution in [0.4, 0.5) is 11.4 Å². The third kappa shape index (κ3) is 5.61. The standard InChI is InChI=1S/C20H20N2O7/c1-4-28-20(25)18-11-17(9-10-19(18)29-14(3)24)21(13(2)23)12-15-5-7-16(8-6-15)22(26)27/h5-11H,4,12H2,1-3H3. The molecule has 0 aliphatic rings. The fourth-order valence-corrected chi connectivity index (χ4v) is 2.59. The first-order chi connectivity index (χ1) is 13.7. The summed E-state index contributed by atoms with van der Waals surface area (Å²) in [6, 6.07) is 10.1. The Morgan fingerprint density at radius 1 is 1.07 bits per heavy atom. The van der Waals surface area contributed by atoms with Crippen LogP contribution in [0, 0.1) is 10.1 Å². The molecule has 0 spiro atoms. The van der Waals surface area contributed by atoms with Crippen molar-refractivity contribution in [3.8, 4) is 5.75 Å². The minimum absolute atomic E-state index is 0.00880. The van der Waals surface area contributed by atoms with Crippen LogP contribution in [0.25, 0.3) is 0 Å². The molecule has 152 valence electrons. The van der Waals surface area contributed by atoms with Crippen LogP contribution in [0.1, 0.15) is 36.7 Å². The number of esters is 2. The van der Waals surface area contributed by atoms with Crippen molar-refractivity contribution in [1.29, 1.82) is 0 Å². The summed E-state index contributed by atoms with van der Waals surface area (Å²) in [6.45, 7) is 4.46. The molecule has 0 unspecified atom stereocenters. The van der Waals surface area contributed by atoms with E-state index in [0.717, 1.165) is 0 Å². The zero-order valence-corrected chi connectivity index (χ0v) is 16.2. The molecule has 0 aliphatic carbocycles.